The smallest absolute Gasteiger partial charge is 0.338 e. The average molecular weight is 434 g/mol. The molecule has 0 spiro atoms. The quantitative estimate of drug-likeness (QED) is 0.610. The van der Waals surface area contributed by atoms with Gasteiger partial charge in [-0.3, -0.25) is 9.48 Å². The second kappa shape index (κ2) is 8.65. The molecule has 1 amide bonds. The van der Waals surface area contributed by atoms with Crippen molar-refractivity contribution in [3.05, 3.63) is 35.9 Å². The van der Waals surface area contributed by atoms with Gasteiger partial charge >= 0.3 is 6.18 Å². The van der Waals surface area contributed by atoms with Crippen LogP contribution in [-0.2, 0) is 13.2 Å². The van der Waals surface area contributed by atoms with E-state index in [0.29, 0.717) is 18.0 Å². The molecule has 1 aliphatic rings. The van der Waals surface area contributed by atoms with Crippen LogP contribution < -0.4 is 16.0 Å². The molecule has 0 saturated carbocycles. The van der Waals surface area contributed by atoms with Gasteiger partial charge in [-0.05, 0) is 25.0 Å². The van der Waals surface area contributed by atoms with Crippen LogP contribution in [-0.4, -0.2) is 49.4 Å². The number of fused-ring (bicyclic) bond motifs is 1. The molecule has 0 bridgehead atoms. The van der Waals surface area contributed by atoms with E-state index in [1.54, 1.807) is 12.3 Å². The van der Waals surface area contributed by atoms with E-state index in [1.807, 2.05) is 4.90 Å². The number of anilines is 2. The Labute approximate surface area is 176 Å². The van der Waals surface area contributed by atoms with Crippen LogP contribution in [0.5, 0.6) is 0 Å². The summed E-state index contributed by atoms with van der Waals surface area (Å²) < 4.78 is 41.7. The summed E-state index contributed by atoms with van der Waals surface area (Å²) in [6.45, 7) is 1.34. The van der Waals surface area contributed by atoms with Crippen LogP contribution >= 0.6 is 0 Å². The maximum Gasteiger partial charge on any atom is 0.437 e. The molecule has 3 aromatic heterocycles. The predicted molar refractivity (Wildman–Crippen MR) is 108 cm³/mol. The van der Waals surface area contributed by atoms with Gasteiger partial charge in [0.1, 0.15) is 5.69 Å². The van der Waals surface area contributed by atoms with Crippen LogP contribution in [0.4, 0.5) is 24.8 Å². The van der Waals surface area contributed by atoms with E-state index in [1.165, 1.54) is 17.6 Å². The van der Waals surface area contributed by atoms with Crippen molar-refractivity contribution in [3.8, 4) is 12.8 Å². The highest BCUT2D eigenvalue weighted by Gasteiger charge is 2.37. The fraction of sp³-hybridized carbons (Fsp3) is 0.368. The molecule has 1 aliphatic heterocycles. The van der Waals surface area contributed by atoms with E-state index in [2.05, 4.69) is 33.3 Å². The number of nitrogens with two attached hydrogens (primary N) is 1. The largest absolute Gasteiger partial charge is 0.437 e. The van der Waals surface area contributed by atoms with Gasteiger partial charge in [-0.2, -0.15) is 18.3 Å². The molecule has 0 unspecified atom stereocenters. The summed E-state index contributed by atoms with van der Waals surface area (Å²) in [5, 5.41) is 10.1. The first-order chi connectivity index (χ1) is 14.7. The lowest BCUT2D eigenvalue weighted by atomic mass is 10.1. The average Bonchev–Trinajstić information content (AvgIpc) is 3.32. The summed E-state index contributed by atoms with van der Waals surface area (Å²) in [5.41, 5.74) is 5.05. The number of amides is 1. The first-order valence-corrected chi connectivity index (χ1v) is 9.33. The molecule has 1 atom stereocenters. The maximum atomic E-state index is 13.1. The Bertz CT molecular complexity index is 1100. The lowest BCUT2D eigenvalue weighted by molar-refractivity contribution is -0.140. The summed E-state index contributed by atoms with van der Waals surface area (Å²) in [5.74, 6) is -0.321. The maximum absolute atomic E-state index is 13.1. The minimum absolute atomic E-state index is 0.0156. The molecule has 1 fully saturated rings. The molecule has 3 N–H and O–H groups in total. The summed E-state index contributed by atoms with van der Waals surface area (Å²) in [6, 6.07) is 3.12. The van der Waals surface area contributed by atoms with E-state index in [9.17, 15) is 18.0 Å². The lowest BCUT2D eigenvalue weighted by Gasteiger charge is -2.30. The minimum atomic E-state index is -4.69. The van der Waals surface area contributed by atoms with E-state index < -0.39 is 23.5 Å². The number of carbonyl (C=O) groups excluding carboxylic acids is 1. The van der Waals surface area contributed by atoms with Gasteiger partial charge in [0.15, 0.2) is 5.69 Å². The Hall–Kier alpha value is -3.59. The Morgan fingerprint density at radius 2 is 2.03 bits per heavy atom. The Morgan fingerprint density at radius 3 is 2.71 bits per heavy atom. The van der Waals surface area contributed by atoms with Crippen LogP contribution in [0.15, 0.2) is 24.5 Å². The molecule has 4 heterocycles. The molecule has 9 nitrogen and oxygen atoms in total. The van der Waals surface area contributed by atoms with Crippen molar-refractivity contribution >= 4 is 23.1 Å². The first-order valence-electron chi connectivity index (χ1n) is 9.33. The summed E-state index contributed by atoms with van der Waals surface area (Å²) in [6.07, 6.45) is 7.80. The molecule has 1 saturated heterocycles. The van der Waals surface area contributed by atoms with Gasteiger partial charge in [0.2, 0.25) is 5.95 Å². The number of hydrogen-bond acceptors (Lipinski definition) is 6. The van der Waals surface area contributed by atoms with Crippen molar-refractivity contribution < 1.29 is 18.0 Å². The van der Waals surface area contributed by atoms with Gasteiger partial charge in [0, 0.05) is 32.4 Å². The lowest BCUT2D eigenvalue weighted by Crippen LogP contribution is -2.43. The highest BCUT2D eigenvalue weighted by molar-refractivity contribution is 6.04. The number of halogens is 3. The normalized spacial score (nSPS) is 16.6. The van der Waals surface area contributed by atoms with Crippen molar-refractivity contribution in [2.45, 2.75) is 25.1 Å². The zero-order valence-electron chi connectivity index (χ0n) is 16.7. The molecule has 4 rings (SSSR count). The molecule has 12 heteroatoms. The summed E-state index contributed by atoms with van der Waals surface area (Å²) in [7, 11) is 1.35. The fourth-order valence-electron chi connectivity index (χ4n) is 3.38. The van der Waals surface area contributed by atoms with Gasteiger partial charge in [0.25, 0.3) is 5.91 Å². The van der Waals surface area contributed by atoms with Crippen LogP contribution in [0.3, 0.4) is 0 Å². The van der Waals surface area contributed by atoms with Crippen molar-refractivity contribution in [1.82, 2.24) is 24.4 Å². The third-order valence-corrected chi connectivity index (χ3v) is 4.71. The topological polar surface area (TPSA) is 106 Å². The monoisotopic (exact) mass is 434 g/mol. The number of carbonyl (C=O) groups is 1. The van der Waals surface area contributed by atoms with Gasteiger partial charge < -0.3 is 16.0 Å². The Kier molecular flexibility index (Phi) is 6.16. The number of hydrogen-bond donors (Lipinski definition) is 2. The molecule has 0 aliphatic carbocycles. The molecular formula is C19H21F3N8O. The second-order valence-corrected chi connectivity index (χ2v) is 6.98. The number of nitrogens with one attached hydrogen (secondary N) is 1. The SMILES string of the molecule is C#C.Cn1cc(NC(=O)c2ccc3cnc(N4CCC[C@H](N)C4)nn23)c(C(F)(F)F)n1. The summed E-state index contributed by atoms with van der Waals surface area (Å²) >= 11 is 0. The molecule has 0 radical (unpaired) electrons. The number of piperidine rings is 1. The standard InChI is InChI=1S/C17H19F3N8O.C2H2/c1-26-9-12(14(24-26)17(18,19)20)23-15(29)13-5-4-11-7-22-16(25-28(11)13)27-6-2-3-10(21)8-27;1-2/h4-5,7,9-10H,2-3,6,8,21H2,1H3,(H,23,29);1-2H/t10-;/m0./s1. The number of terminal acetylenes is 1. The minimum Gasteiger partial charge on any atom is -0.338 e. The van der Waals surface area contributed by atoms with Crippen molar-refractivity contribution in [2.75, 3.05) is 23.3 Å². The van der Waals surface area contributed by atoms with E-state index in [4.69, 9.17) is 5.73 Å². The number of nitrogens with zero attached hydrogens (tertiary/aromatic N) is 6. The number of aryl methyl sites for hydroxylation is 1. The van der Waals surface area contributed by atoms with Crippen LogP contribution in [0, 0.1) is 12.8 Å². The third kappa shape index (κ3) is 4.61. The van der Waals surface area contributed by atoms with Crippen LogP contribution in [0.25, 0.3) is 5.52 Å². The van der Waals surface area contributed by atoms with Crippen LogP contribution in [0.2, 0.25) is 0 Å². The van der Waals surface area contributed by atoms with E-state index in [-0.39, 0.29) is 11.7 Å². The Balaban J connectivity index is 0.00000132. The summed E-state index contributed by atoms with van der Waals surface area (Å²) in [4.78, 5) is 18.9. The van der Waals surface area contributed by atoms with Crippen molar-refractivity contribution in [2.24, 2.45) is 12.8 Å². The number of rotatable bonds is 3. The third-order valence-electron chi connectivity index (χ3n) is 4.71. The van der Waals surface area contributed by atoms with Gasteiger partial charge in [-0.25, -0.2) is 9.50 Å². The highest BCUT2D eigenvalue weighted by atomic mass is 19.4. The highest BCUT2D eigenvalue weighted by Crippen LogP contribution is 2.33. The molecule has 0 aromatic carbocycles. The zero-order chi connectivity index (χ0) is 22.8. The van der Waals surface area contributed by atoms with Crippen molar-refractivity contribution in [3.63, 3.8) is 0 Å². The van der Waals surface area contributed by atoms with Crippen LogP contribution in [0.1, 0.15) is 29.0 Å². The molecule has 164 valence electrons. The number of alkyl halides is 3. The molecular weight excluding hydrogens is 413 g/mol. The van der Waals surface area contributed by atoms with E-state index in [0.717, 1.165) is 30.3 Å². The molecule has 31 heavy (non-hydrogen) atoms. The van der Waals surface area contributed by atoms with Gasteiger partial charge in [-0.1, -0.05) is 0 Å². The van der Waals surface area contributed by atoms with Gasteiger partial charge in [-0.15, -0.1) is 17.9 Å². The van der Waals surface area contributed by atoms with Gasteiger partial charge in [0.05, 0.1) is 17.4 Å². The Morgan fingerprint density at radius 1 is 1.29 bits per heavy atom. The number of aromatic nitrogens is 5. The zero-order valence-corrected chi connectivity index (χ0v) is 16.7. The van der Waals surface area contributed by atoms with Crippen molar-refractivity contribution in [1.29, 1.82) is 0 Å². The predicted octanol–water partition coefficient (Wildman–Crippen LogP) is 1.91. The second-order valence-electron chi connectivity index (χ2n) is 6.98. The van der Waals surface area contributed by atoms with E-state index >= 15 is 0 Å². The fourth-order valence-corrected chi connectivity index (χ4v) is 3.38. The molecule has 3 aromatic rings. The first kappa shape index (κ1) is 22.1.